The van der Waals surface area contributed by atoms with Crippen LogP contribution in [0, 0.1) is 23.1 Å². The van der Waals surface area contributed by atoms with Crippen molar-refractivity contribution in [3.05, 3.63) is 60.0 Å². The average Bonchev–Trinajstić information content (AvgIpc) is 2.74. The molecule has 0 bridgehead atoms. The van der Waals surface area contributed by atoms with Gasteiger partial charge in [-0.3, -0.25) is 0 Å². The average molecular weight is 425 g/mol. The van der Waals surface area contributed by atoms with E-state index < -0.39 is 20.9 Å². The topological polar surface area (TPSA) is 86.9 Å². The number of piperidine rings is 1. The first-order chi connectivity index (χ1) is 14.4. The van der Waals surface area contributed by atoms with Crippen molar-refractivity contribution in [2.45, 2.75) is 29.9 Å². The molecule has 2 aromatic carbocycles. The summed E-state index contributed by atoms with van der Waals surface area (Å²) in [5, 5.41) is 8.34. The van der Waals surface area contributed by atoms with Gasteiger partial charge >= 0.3 is 0 Å². The molecule has 3 aromatic rings. The minimum Gasteiger partial charge on any atom is -0.355 e. The van der Waals surface area contributed by atoms with Crippen LogP contribution in [0.15, 0.2) is 53.4 Å². The number of para-hydroxylation sites is 2. The zero-order valence-corrected chi connectivity index (χ0v) is 17.3. The van der Waals surface area contributed by atoms with Gasteiger partial charge in [-0.1, -0.05) is 19.1 Å². The molecular weight excluding hydrogens is 403 g/mol. The Morgan fingerprint density at radius 2 is 1.80 bits per heavy atom. The second-order valence-electron chi connectivity index (χ2n) is 7.62. The number of fused-ring (bicyclic) bond motifs is 1. The van der Waals surface area contributed by atoms with Crippen molar-refractivity contribution in [3.63, 3.8) is 0 Å². The fraction of sp³-hybridized carbons (Fsp3) is 0.318. The number of benzene rings is 2. The molecule has 0 spiro atoms. The lowest BCUT2D eigenvalue weighted by molar-refractivity contribution is 0.443. The molecular formula is C22H21FN4O2S. The van der Waals surface area contributed by atoms with Crippen LogP contribution in [0.1, 0.15) is 30.7 Å². The van der Waals surface area contributed by atoms with Crippen LogP contribution < -0.4 is 4.90 Å². The van der Waals surface area contributed by atoms with Gasteiger partial charge in [-0.05, 0) is 55.2 Å². The first kappa shape index (κ1) is 20.2. The van der Waals surface area contributed by atoms with Crippen molar-refractivity contribution < 1.29 is 12.8 Å². The minimum atomic E-state index is -4.12. The summed E-state index contributed by atoms with van der Waals surface area (Å²) in [6.45, 7) is 3.57. The molecule has 8 heteroatoms. The fourth-order valence-electron chi connectivity index (χ4n) is 3.83. The summed E-state index contributed by atoms with van der Waals surface area (Å²) in [6.07, 6.45) is 2.04. The van der Waals surface area contributed by atoms with E-state index in [4.69, 9.17) is 4.98 Å². The third-order valence-electron chi connectivity index (χ3n) is 5.35. The maximum atomic E-state index is 13.3. The Balaban J connectivity index is 1.89. The molecule has 154 valence electrons. The number of aromatic nitrogens is 2. The summed E-state index contributed by atoms with van der Waals surface area (Å²) >= 11 is 0. The van der Waals surface area contributed by atoms with Crippen molar-refractivity contribution in [1.29, 1.82) is 5.26 Å². The molecule has 0 radical (unpaired) electrons. The number of anilines is 1. The van der Waals surface area contributed by atoms with E-state index in [1.165, 1.54) is 12.1 Å². The molecule has 0 amide bonds. The van der Waals surface area contributed by atoms with Gasteiger partial charge in [-0.15, -0.1) is 0 Å². The predicted octanol–water partition coefficient (Wildman–Crippen LogP) is 4.04. The van der Waals surface area contributed by atoms with E-state index in [2.05, 4.69) is 11.9 Å². The molecule has 2 atom stereocenters. The molecule has 1 aromatic heterocycles. The highest BCUT2D eigenvalue weighted by molar-refractivity contribution is 7.92. The van der Waals surface area contributed by atoms with Gasteiger partial charge in [0.2, 0.25) is 9.84 Å². The maximum absolute atomic E-state index is 13.3. The lowest BCUT2D eigenvalue weighted by atomic mass is 10.00. The van der Waals surface area contributed by atoms with Crippen molar-refractivity contribution in [1.82, 2.24) is 9.97 Å². The highest BCUT2D eigenvalue weighted by Crippen LogP contribution is 2.35. The van der Waals surface area contributed by atoms with E-state index in [1.807, 2.05) is 23.1 Å². The zero-order valence-electron chi connectivity index (χ0n) is 16.5. The Bertz CT molecular complexity index is 1220. The van der Waals surface area contributed by atoms with Gasteiger partial charge in [0.15, 0.2) is 11.1 Å². The molecule has 6 nitrogen and oxygen atoms in total. The van der Waals surface area contributed by atoms with Crippen LogP contribution in [0.5, 0.6) is 0 Å². The number of nitrogens with zero attached hydrogens (tertiary/aromatic N) is 4. The second-order valence-corrected chi connectivity index (χ2v) is 9.66. The molecule has 1 aliphatic rings. The molecule has 30 heavy (non-hydrogen) atoms. The zero-order chi connectivity index (χ0) is 21.3. The Hall–Kier alpha value is -3.05. The van der Waals surface area contributed by atoms with Gasteiger partial charge in [0.1, 0.15) is 11.5 Å². The van der Waals surface area contributed by atoms with Gasteiger partial charge in [-0.2, -0.15) is 5.26 Å². The Morgan fingerprint density at radius 1 is 1.13 bits per heavy atom. The van der Waals surface area contributed by atoms with Gasteiger partial charge in [-0.25, -0.2) is 22.8 Å². The van der Waals surface area contributed by atoms with Crippen molar-refractivity contribution in [2.75, 3.05) is 18.0 Å². The van der Waals surface area contributed by atoms with E-state index in [0.717, 1.165) is 38.1 Å². The number of hydrogen-bond acceptors (Lipinski definition) is 6. The van der Waals surface area contributed by atoms with E-state index in [1.54, 1.807) is 12.1 Å². The first-order valence-electron chi connectivity index (χ1n) is 9.81. The number of hydrogen-bond donors (Lipinski definition) is 0. The smallest absolute Gasteiger partial charge is 0.200 e. The SMILES string of the molecule is C[C@@H]1CCCN(c2nc3ccccc3nc2[C@@H](C#N)S(=O)(=O)c2ccc(F)cc2)C1. The Labute approximate surface area is 174 Å². The lowest BCUT2D eigenvalue weighted by Crippen LogP contribution is -2.36. The van der Waals surface area contributed by atoms with Crippen LogP contribution in [-0.4, -0.2) is 31.5 Å². The Kier molecular flexibility index (Phi) is 5.39. The number of nitriles is 1. The number of halogens is 1. The quantitative estimate of drug-likeness (QED) is 0.588. The van der Waals surface area contributed by atoms with Crippen LogP contribution in [0.4, 0.5) is 10.2 Å². The van der Waals surface area contributed by atoms with Gasteiger partial charge in [0, 0.05) is 13.1 Å². The molecule has 4 rings (SSSR count). The third-order valence-corrected chi connectivity index (χ3v) is 7.23. The van der Waals surface area contributed by atoms with Crippen LogP contribution in [0.2, 0.25) is 0 Å². The molecule has 1 saturated heterocycles. The van der Waals surface area contributed by atoms with E-state index in [0.29, 0.717) is 22.8 Å². The number of sulfone groups is 1. The highest BCUT2D eigenvalue weighted by atomic mass is 32.2. The first-order valence-corrected chi connectivity index (χ1v) is 11.4. The molecule has 1 fully saturated rings. The Morgan fingerprint density at radius 3 is 2.43 bits per heavy atom. The third kappa shape index (κ3) is 3.73. The van der Waals surface area contributed by atoms with Crippen LogP contribution >= 0.6 is 0 Å². The van der Waals surface area contributed by atoms with Gasteiger partial charge in [0.05, 0.1) is 22.0 Å². The highest BCUT2D eigenvalue weighted by Gasteiger charge is 2.35. The van der Waals surface area contributed by atoms with Crippen LogP contribution in [0.25, 0.3) is 11.0 Å². The van der Waals surface area contributed by atoms with Crippen molar-refractivity contribution in [2.24, 2.45) is 5.92 Å². The molecule has 0 aliphatic carbocycles. The normalized spacial score (nSPS) is 18.2. The standard InChI is InChI=1S/C22H21FN4O2S/c1-15-5-4-12-27(14-15)22-21(25-18-6-2-3-7-19(18)26-22)20(13-24)30(28,29)17-10-8-16(23)9-11-17/h2-3,6-11,15,20H,4-5,12,14H2,1H3/t15-,20-/m1/s1. The minimum absolute atomic E-state index is 0.120. The summed E-state index contributed by atoms with van der Waals surface area (Å²) in [7, 11) is -4.12. The summed E-state index contributed by atoms with van der Waals surface area (Å²) in [4.78, 5) is 11.2. The molecule has 0 N–H and O–H groups in total. The maximum Gasteiger partial charge on any atom is 0.200 e. The lowest BCUT2D eigenvalue weighted by Gasteiger charge is -2.33. The van der Waals surface area contributed by atoms with Crippen LogP contribution in [0.3, 0.4) is 0 Å². The van der Waals surface area contributed by atoms with E-state index >= 15 is 0 Å². The summed E-state index contributed by atoms with van der Waals surface area (Å²) in [5.74, 6) is 0.308. The van der Waals surface area contributed by atoms with Crippen LogP contribution in [-0.2, 0) is 9.84 Å². The second kappa shape index (κ2) is 8.00. The summed E-state index contributed by atoms with van der Waals surface area (Å²) in [5.41, 5.74) is 1.29. The van der Waals surface area contributed by atoms with Crippen molar-refractivity contribution >= 4 is 26.7 Å². The summed E-state index contributed by atoms with van der Waals surface area (Å²) < 4.78 is 39.9. The van der Waals surface area contributed by atoms with E-state index in [9.17, 15) is 18.1 Å². The van der Waals surface area contributed by atoms with Gasteiger partial charge < -0.3 is 4.90 Å². The molecule has 0 saturated carbocycles. The van der Waals surface area contributed by atoms with Crippen molar-refractivity contribution in [3.8, 4) is 6.07 Å². The van der Waals surface area contributed by atoms with E-state index in [-0.39, 0.29) is 10.6 Å². The largest absolute Gasteiger partial charge is 0.355 e. The molecule has 0 unspecified atom stereocenters. The predicted molar refractivity (Wildman–Crippen MR) is 112 cm³/mol. The number of rotatable bonds is 4. The monoisotopic (exact) mass is 424 g/mol. The molecule has 1 aliphatic heterocycles. The fourth-order valence-corrected chi connectivity index (χ4v) is 5.21. The summed E-state index contributed by atoms with van der Waals surface area (Å²) in [6, 6.07) is 13.6. The van der Waals surface area contributed by atoms with Gasteiger partial charge in [0.25, 0.3) is 0 Å². The molecule has 2 heterocycles.